The summed E-state index contributed by atoms with van der Waals surface area (Å²) in [5.74, 6) is -0.222. The van der Waals surface area contributed by atoms with Gasteiger partial charge in [-0.25, -0.2) is 0 Å². The Kier molecular flexibility index (Phi) is 7.79. The fourth-order valence-electron chi connectivity index (χ4n) is 3.35. The first kappa shape index (κ1) is 20.6. The van der Waals surface area contributed by atoms with E-state index >= 15 is 0 Å². The second-order valence-electron chi connectivity index (χ2n) is 7.00. The number of carbonyl (C=O) groups is 1. The monoisotopic (exact) mass is 385 g/mol. The van der Waals surface area contributed by atoms with Crippen molar-refractivity contribution in [2.24, 2.45) is 0 Å². The van der Waals surface area contributed by atoms with Crippen molar-refractivity contribution >= 4 is 5.97 Å². The Labute approximate surface area is 173 Å². The van der Waals surface area contributed by atoms with Gasteiger partial charge in [-0.2, -0.15) is 0 Å². The smallest absolute Gasteiger partial charge is 0.324 e. The highest BCUT2D eigenvalue weighted by atomic mass is 16.5. The van der Waals surface area contributed by atoms with Gasteiger partial charge in [-0.05, 0) is 23.1 Å². The lowest BCUT2D eigenvalue weighted by molar-refractivity contribution is -0.149. The highest BCUT2D eigenvalue weighted by molar-refractivity contribution is 5.76. The molecule has 0 aromatic heterocycles. The highest BCUT2D eigenvalue weighted by Gasteiger charge is 2.28. The first-order valence-electron chi connectivity index (χ1n) is 9.89. The van der Waals surface area contributed by atoms with E-state index in [2.05, 4.69) is 47.9 Å². The van der Waals surface area contributed by atoms with Gasteiger partial charge in [0.15, 0.2) is 0 Å². The van der Waals surface area contributed by atoms with Gasteiger partial charge in [-0.15, -0.1) is 0 Å². The quantitative estimate of drug-likeness (QED) is 0.362. The zero-order valence-electron chi connectivity index (χ0n) is 16.6. The van der Waals surface area contributed by atoms with Crippen LogP contribution in [-0.4, -0.2) is 23.5 Å². The number of carbonyl (C=O) groups excluding carboxylic acids is 1. The third-order valence-electron chi connectivity index (χ3n) is 4.79. The molecule has 0 heterocycles. The maximum absolute atomic E-state index is 13.0. The van der Waals surface area contributed by atoms with E-state index in [1.54, 1.807) is 6.08 Å². The second-order valence-corrected chi connectivity index (χ2v) is 7.00. The first-order chi connectivity index (χ1) is 14.3. The van der Waals surface area contributed by atoms with Crippen LogP contribution in [0.4, 0.5) is 0 Å². The summed E-state index contributed by atoms with van der Waals surface area (Å²) in [5.41, 5.74) is 3.44. The Morgan fingerprint density at radius 3 is 1.69 bits per heavy atom. The summed E-state index contributed by atoms with van der Waals surface area (Å²) in [6.07, 6.45) is 2.20. The molecule has 0 unspecified atom stereocenters. The molecule has 3 aromatic rings. The summed E-state index contributed by atoms with van der Waals surface area (Å²) in [4.78, 5) is 15.2. The van der Waals surface area contributed by atoms with Crippen molar-refractivity contribution in [3.05, 3.63) is 120 Å². The molecular weight excluding hydrogens is 358 g/mol. The summed E-state index contributed by atoms with van der Waals surface area (Å²) < 4.78 is 5.48. The molecular formula is C26H27NO2. The van der Waals surface area contributed by atoms with E-state index in [1.165, 1.54) is 0 Å². The molecule has 0 spiro atoms. The Hall–Kier alpha value is -3.17. The number of esters is 1. The van der Waals surface area contributed by atoms with Gasteiger partial charge in [0, 0.05) is 13.1 Å². The van der Waals surface area contributed by atoms with Gasteiger partial charge in [-0.3, -0.25) is 9.69 Å². The van der Waals surface area contributed by atoms with Crippen LogP contribution in [0.3, 0.4) is 0 Å². The van der Waals surface area contributed by atoms with Crippen molar-refractivity contribution in [3.8, 4) is 0 Å². The van der Waals surface area contributed by atoms with E-state index in [4.69, 9.17) is 4.74 Å². The molecule has 0 bridgehead atoms. The van der Waals surface area contributed by atoms with Crippen LogP contribution in [0.5, 0.6) is 0 Å². The first-order valence-corrected chi connectivity index (χ1v) is 9.89. The van der Waals surface area contributed by atoms with E-state index in [0.717, 1.165) is 16.7 Å². The van der Waals surface area contributed by atoms with Crippen molar-refractivity contribution in [2.75, 3.05) is 6.61 Å². The minimum Gasteiger partial charge on any atom is -0.460 e. The maximum atomic E-state index is 13.0. The molecule has 0 saturated carbocycles. The Morgan fingerprint density at radius 2 is 1.24 bits per heavy atom. The summed E-state index contributed by atoms with van der Waals surface area (Å²) in [6.45, 7) is 5.21. The maximum Gasteiger partial charge on any atom is 0.324 e. The summed E-state index contributed by atoms with van der Waals surface area (Å²) in [7, 11) is 0. The SMILES string of the molecule is C=CCOC(=O)[C@H](Cc1ccccc1)N(Cc1ccccc1)Cc1ccccc1. The van der Waals surface area contributed by atoms with Crippen LogP contribution in [0.1, 0.15) is 16.7 Å². The van der Waals surface area contributed by atoms with E-state index in [9.17, 15) is 4.79 Å². The normalized spacial score (nSPS) is 11.8. The molecule has 0 amide bonds. The predicted octanol–water partition coefficient (Wildman–Crippen LogP) is 5.03. The van der Waals surface area contributed by atoms with Crippen LogP contribution in [-0.2, 0) is 29.0 Å². The topological polar surface area (TPSA) is 29.5 Å². The number of hydrogen-bond donors (Lipinski definition) is 0. The molecule has 0 aliphatic rings. The number of hydrogen-bond acceptors (Lipinski definition) is 3. The van der Waals surface area contributed by atoms with Crippen molar-refractivity contribution in [1.82, 2.24) is 4.90 Å². The molecule has 3 aromatic carbocycles. The number of rotatable bonds is 10. The van der Waals surface area contributed by atoms with Gasteiger partial charge in [0.1, 0.15) is 12.6 Å². The van der Waals surface area contributed by atoms with Crippen LogP contribution >= 0.6 is 0 Å². The number of benzene rings is 3. The standard InChI is InChI=1S/C26H27NO2/c1-2-18-29-26(28)25(19-22-12-6-3-7-13-22)27(20-23-14-8-4-9-15-23)21-24-16-10-5-11-17-24/h2-17,25H,1,18-21H2/t25-/m0/s1. The molecule has 3 nitrogen and oxygen atoms in total. The molecule has 3 rings (SSSR count). The van der Waals surface area contributed by atoms with Crippen LogP contribution in [0, 0.1) is 0 Å². The highest BCUT2D eigenvalue weighted by Crippen LogP contribution is 2.18. The van der Waals surface area contributed by atoms with Crippen molar-refractivity contribution in [2.45, 2.75) is 25.6 Å². The fraction of sp³-hybridized carbons (Fsp3) is 0.192. The molecule has 0 fully saturated rings. The molecule has 29 heavy (non-hydrogen) atoms. The van der Waals surface area contributed by atoms with Gasteiger partial charge in [0.05, 0.1) is 0 Å². The van der Waals surface area contributed by atoms with Crippen LogP contribution in [0.2, 0.25) is 0 Å². The third-order valence-corrected chi connectivity index (χ3v) is 4.79. The summed E-state index contributed by atoms with van der Waals surface area (Å²) in [5, 5.41) is 0. The summed E-state index contributed by atoms with van der Waals surface area (Å²) in [6, 6.07) is 30.2. The number of nitrogens with zero attached hydrogens (tertiary/aromatic N) is 1. The molecule has 0 aliphatic heterocycles. The van der Waals surface area contributed by atoms with Crippen LogP contribution in [0.25, 0.3) is 0 Å². The minimum absolute atomic E-state index is 0.217. The lowest BCUT2D eigenvalue weighted by Crippen LogP contribution is -2.43. The zero-order valence-corrected chi connectivity index (χ0v) is 16.6. The second kappa shape index (κ2) is 11.0. The zero-order chi connectivity index (χ0) is 20.3. The Balaban J connectivity index is 1.90. The molecule has 0 radical (unpaired) electrons. The van der Waals surface area contributed by atoms with E-state index < -0.39 is 6.04 Å². The lowest BCUT2D eigenvalue weighted by atomic mass is 10.0. The van der Waals surface area contributed by atoms with Gasteiger partial charge in [0.2, 0.25) is 0 Å². The van der Waals surface area contributed by atoms with Gasteiger partial charge < -0.3 is 4.74 Å². The van der Waals surface area contributed by atoms with Crippen LogP contribution < -0.4 is 0 Å². The van der Waals surface area contributed by atoms with Gasteiger partial charge >= 0.3 is 5.97 Å². The van der Waals surface area contributed by atoms with Crippen LogP contribution in [0.15, 0.2) is 104 Å². The van der Waals surface area contributed by atoms with E-state index in [1.807, 2.05) is 54.6 Å². The van der Waals surface area contributed by atoms with Crippen molar-refractivity contribution in [1.29, 1.82) is 0 Å². The van der Waals surface area contributed by atoms with Crippen molar-refractivity contribution in [3.63, 3.8) is 0 Å². The summed E-state index contributed by atoms with van der Waals surface area (Å²) >= 11 is 0. The molecule has 0 aliphatic carbocycles. The molecule has 1 atom stereocenters. The Morgan fingerprint density at radius 1 is 0.793 bits per heavy atom. The molecule has 148 valence electrons. The van der Waals surface area contributed by atoms with Crippen molar-refractivity contribution < 1.29 is 9.53 Å². The molecule has 0 N–H and O–H groups in total. The van der Waals surface area contributed by atoms with Gasteiger partial charge in [0.25, 0.3) is 0 Å². The van der Waals surface area contributed by atoms with Gasteiger partial charge in [-0.1, -0.05) is 104 Å². The van der Waals surface area contributed by atoms with E-state index in [-0.39, 0.29) is 12.6 Å². The third kappa shape index (κ3) is 6.44. The lowest BCUT2D eigenvalue weighted by Gasteiger charge is -2.30. The number of ether oxygens (including phenoxy) is 1. The molecule has 3 heteroatoms. The van der Waals surface area contributed by atoms with E-state index in [0.29, 0.717) is 19.5 Å². The average molecular weight is 386 g/mol. The predicted molar refractivity (Wildman–Crippen MR) is 117 cm³/mol. The average Bonchev–Trinajstić information content (AvgIpc) is 2.77. The fourth-order valence-corrected chi connectivity index (χ4v) is 3.35. The largest absolute Gasteiger partial charge is 0.460 e. The minimum atomic E-state index is -0.391. The Bertz CT molecular complexity index is 837. The molecule has 0 saturated heterocycles.